The fourth-order valence-electron chi connectivity index (χ4n) is 4.30. The number of thiazole rings is 1. The first-order valence-electron chi connectivity index (χ1n) is 11.8. The summed E-state index contributed by atoms with van der Waals surface area (Å²) in [5, 5.41) is 3.84. The summed E-state index contributed by atoms with van der Waals surface area (Å²) in [6, 6.07) is 9.79. The lowest BCUT2D eigenvalue weighted by Gasteiger charge is -2.30. The van der Waals surface area contributed by atoms with Gasteiger partial charge in [0.15, 0.2) is 10.8 Å². The summed E-state index contributed by atoms with van der Waals surface area (Å²) in [6.07, 6.45) is 5.13. The van der Waals surface area contributed by atoms with Crippen LogP contribution < -0.4 is 20.7 Å². The van der Waals surface area contributed by atoms with E-state index < -0.39 is 0 Å². The fourth-order valence-corrected chi connectivity index (χ4v) is 5.33. The second kappa shape index (κ2) is 9.54. The maximum Gasteiger partial charge on any atom is 0.273 e. The molecule has 3 aromatic rings. The van der Waals surface area contributed by atoms with Gasteiger partial charge in [-0.2, -0.15) is 4.98 Å². The van der Waals surface area contributed by atoms with E-state index in [1.165, 1.54) is 22.2 Å². The highest BCUT2D eigenvalue weighted by Crippen LogP contribution is 2.30. The molecule has 1 N–H and O–H groups in total. The van der Waals surface area contributed by atoms with E-state index in [1.807, 2.05) is 37.3 Å². The first kappa shape index (κ1) is 22.5. The number of aromatic nitrogens is 3. The van der Waals surface area contributed by atoms with Crippen LogP contribution in [0.5, 0.6) is 0 Å². The molecule has 10 heteroatoms. The maximum absolute atomic E-state index is 13.1. The van der Waals surface area contributed by atoms with Crippen LogP contribution in [0.4, 0.5) is 10.8 Å². The molecule has 1 aliphatic heterocycles. The lowest BCUT2D eigenvalue weighted by Crippen LogP contribution is -2.41. The van der Waals surface area contributed by atoms with Crippen molar-refractivity contribution in [3.8, 4) is 0 Å². The number of hydrogen-bond acceptors (Lipinski definition) is 7. The molecule has 1 saturated carbocycles. The van der Waals surface area contributed by atoms with Crippen molar-refractivity contribution in [2.75, 3.05) is 29.4 Å². The highest BCUT2D eigenvalue weighted by molar-refractivity contribution is 7.22. The van der Waals surface area contributed by atoms with Crippen molar-refractivity contribution in [2.24, 2.45) is 5.92 Å². The number of carbonyl (C=O) groups is 2. The molecule has 178 valence electrons. The van der Waals surface area contributed by atoms with Crippen LogP contribution in [0.15, 0.2) is 41.5 Å². The molecule has 1 aliphatic carbocycles. The molecule has 2 aliphatic rings. The topological polar surface area (TPSA) is 100 Å². The Morgan fingerprint density at radius 1 is 1.15 bits per heavy atom. The lowest BCUT2D eigenvalue weighted by molar-refractivity contribution is -0.125. The van der Waals surface area contributed by atoms with E-state index in [0.717, 1.165) is 49.6 Å². The van der Waals surface area contributed by atoms with Gasteiger partial charge in [-0.3, -0.25) is 19.0 Å². The molecule has 1 saturated heterocycles. The van der Waals surface area contributed by atoms with Crippen LogP contribution in [0.3, 0.4) is 0 Å². The monoisotopic (exact) mass is 480 g/mol. The fraction of sp³-hybridized carbons (Fsp3) is 0.458. The van der Waals surface area contributed by atoms with Gasteiger partial charge in [-0.05, 0) is 44.7 Å². The van der Waals surface area contributed by atoms with E-state index >= 15 is 0 Å². The Morgan fingerprint density at radius 2 is 1.88 bits per heavy atom. The minimum Gasteiger partial charge on any atom is -0.353 e. The Hall–Kier alpha value is -3.27. The van der Waals surface area contributed by atoms with E-state index in [-0.39, 0.29) is 29.8 Å². The van der Waals surface area contributed by atoms with Gasteiger partial charge in [0, 0.05) is 37.3 Å². The van der Waals surface area contributed by atoms with Crippen LogP contribution in [0.25, 0.3) is 10.3 Å². The van der Waals surface area contributed by atoms with Gasteiger partial charge in [0.25, 0.3) is 5.56 Å². The van der Waals surface area contributed by atoms with Gasteiger partial charge in [0.05, 0.1) is 0 Å². The van der Waals surface area contributed by atoms with Gasteiger partial charge >= 0.3 is 0 Å². The molecule has 2 amide bonds. The Balaban J connectivity index is 1.28. The Kier molecular flexibility index (Phi) is 6.32. The molecule has 0 bridgehead atoms. The molecule has 0 radical (unpaired) electrons. The summed E-state index contributed by atoms with van der Waals surface area (Å²) in [7, 11) is 0. The normalized spacial score (nSPS) is 16.6. The molecule has 0 atom stereocenters. The van der Waals surface area contributed by atoms with Crippen molar-refractivity contribution in [1.29, 1.82) is 0 Å². The van der Waals surface area contributed by atoms with Gasteiger partial charge in [-0.15, -0.1) is 0 Å². The highest BCUT2D eigenvalue weighted by Gasteiger charge is 2.31. The quantitative estimate of drug-likeness (QED) is 0.557. The molecule has 0 spiro atoms. The van der Waals surface area contributed by atoms with Gasteiger partial charge in [0.2, 0.25) is 11.8 Å². The number of amides is 2. The predicted molar refractivity (Wildman–Crippen MR) is 132 cm³/mol. The number of para-hydroxylation sites is 1. The van der Waals surface area contributed by atoms with Crippen LogP contribution in [0.1, 0.15) is 32.6 Å². The van der Waals surface area contributed by atoms with Gasteiger partial charge in [-0.25, -0.2) is 4.98 Å². The van der Waals surface area contributed by atoms with Gasteiger partial charge in [0.1, 0.15) is 17.6 Å². The third kappa shape index (κ3) is 4.68. The van der Waals surface area contributed by atoms with Crippen molar-refractivity contribution in [3.05, 3.63) is 47.0 Å². The maximum atomic E-state index is 13.1. The molecule has 5 rings (SSSR count). The third-order valence-corrected chi connectivity index (χ3v) is 7.52. The van der Waals surface area contributed by atoms with E-state index in [2.05, 4.69) is 20.2 Å². The summed E-state index contributed by atoms with van der Waals surface area (Å²) in [6.45, 7) is 3.77. The van der Waals surface area contributed by atoms with Crippen molar-refractivity contribution in [1.82, 2.24) is 19.9 Å². The Bertz CT molecular complexity index is 1240. The number of anilines is 2. The van der Waals surface area contributed by atoms with Crippen molar-refractivity contribution < 1.29 is 9.59 Å². The molecular weight excluding hydrogens is 452 g/mol. The number of piperidine rings is 1. The van der Waals surface area contributed by atoms with Crippen LogP contribution in [-0.4, -0.2) is 52.0 Å². The van der Waals surface area contributed by atoms with E-state index in [1.54, 1.807) is 4.90 Å². The summed E-state index contributed by atoms with van der Waals surface area (Å²) in [5.41, 5.74) is 0.939. The number of nitrogens with zero attached hydrogens (tertiary/aromatic N) is 5. The zero-order chi connectivity index (χ0) is 23.7. The number of nitrogens with one attached hydrogen (secondary N) is 1. The largest absolute Gasteiger partial charge is 0.353 e. The Morgan fingerprint density at radius 3 is 2.56 bits per heavy atom. The number of likely N-dealkylation sites (N-methyl/N-ethyl adjacent to an activating group) is 1. The standard InChI is InChI=1S/C24H28N6O3S/c1-2-30(18-6-4-3-5-7-18)19(31)14-29-15-25-21-20(23(29)33)34-24(27-21)28-12-10-16(11-13-28)22(32)26-17-8-9-17/h3-7,15-17H,2,8-14H2,1H3,(H,26,32). The summed E-state index contributed by atoms with van der Waals surface area (Å²) in [4.78, 5) is 51.1. The van der Waals surface area contributed by atoms with E-state index in [0.29, 0.717) is 22.9 Å². The first-order valence-corrected chi connectivity index (χ1v) is 12.6. The van der Waals surface area contributed by atoms with Gasteiger partial charge in [-0.1, -0.05) is 29.5 Å². The molecule has 2 fully saturated rings. The van der Waals surface area contributed by atoms with Crippen molar-refractivity contribution >= 4 is 44.3 Å². The minimum atomic E-state index is -0.259. The number of benzene rings is 1. The summed E-state index contributed by atoms with van der Waals surface area (Å²) >= 11 is 1.31. The lowest BCUT2D eigenvalue weighted by atomic mass is 9.96. The number of hydrogen-bond donors (Lipinski definition) is 1. The van der Waals surface area contributed by atoms with Crippen molar-refractivity contribution in [3.63, 3.8) is 0 Å². The second-order valence-corrected chi connectivity index (χ2v) is 9.82. The zero-order valence-corrected chi connectivity index (χ0v) is 20.0. The van der Waals surface area contributed by atoms with E-state index in [9.17, 15) is 14.4 Å². The minimum absolute atomic E-state index is 0.0405. The molecule has 2 aromatic heterocycles. The van der Waals surface area contributed by atoms with Gasteiger partial charge < -0.3 is 15.1 Å². The number of carbonyl (C=O) groups excluding carboxylic acids is 2. The number of fused-ring (bicyclic) bond motifs is 1. The third-order valence-electron chi connectivity index (χ3n) is 6.42. The highest BCUT2D eigenvalue weighted by atomic mass is 32.1. The first-order chi connectivity index (χ1) is 16.5. The molecule has 0 unspecified atom stereocenters. The Labute approximate surface area is 201 Å². The average molecular weight is 481 g/mol. The molecule has 9 nitrogen and oxygen atoms in total. The molecule has 1 aromatic carbocycles. The second-order valence-electron chi connectivity index (χ2n) is 8.84. The van der Waals surface area contributed by atoms with Crippen LogP contribution >= 0.6 is 11.3 Å². The van der Waals surface area contributed by atoms with Crippen LogP contribution in [-0.2, 0) is 16.1 Å². The molecular formula is C24H28N6O3S. The molecule has 3 heterocycles. The summed E-state index contributed by atoms with van der Waals surface area (Å²) in [5.74, 6) is 0.0317. The zero-order valence-electron chi connectivity index (χ0n) is 19.1. The smallest absolute Gasteiger partial charge is 0.273 e. The number of rotatable bonds is 7. The van der Waals surface area contributed by atoms with Crippen LogP contribution in [0.2, 0.25) is 0 Å². The van der Waals surface area contributed by atoms with Crippen molar-refractivity contribution in [2.45, 2.75) is 45.2 Å². The predicted octanol–water partition coefficient (Wildman–Crippen LogP) is 2.40. The van der Waals surface area contributed by atoms with E-state index in [4.69, 9.17) is 0 Å². The average Bonchev–Trinajstić information content (AvgIpc) is 3.56. The van der Waals surface area contributed by atoms with Crippen LogP contribution in [0, 0.1) is 5.92 Å². The summed E-state index contributed by atoms with van der Waals surface area (Å²) < 4.78 is 1.80. The SMILES string of the molecule is CCN(C(=O)Cn1cnc2nc(N3CCC(C(=O)NC4CC4)CC3)sc2c1=O)c1ccccc1. The molecule has 34 heavy (non-hydrogen) atoms.